The molecule has 0 aliphatic rings. The van der Waals surface area contributed by atoms with Crippen LogP contribution in [0.2, 0.25) is 5.02 Å². The number of nitrogens with one attached hydrogen (secondary N) is 1. The number of benzene rings is 1. The highest BCUT2D eigenvalue weighted by Gasteiger charge is 2.11. The van der Waals surface area contributed by atoms with Crippen molar-refractivity contribution in [3.05, 3.63) is 29.0 Å². The molecule has 0 fully saturated rings. The predicted molar refractivity (Wildman–Crippen MR) is 58.3 cm³/mol. The predicted octanol–water partition coefficient (Wildman–Crippen LogP) is 2.15. The number of carbonyl (C=O) groups excluding carboxylic acids is 1. The summed E-state index contributed by atoms with van der Waals surface area (Å²) in [7, 11) is 0. The Bertz CT molecular complexity index is 350. The number of nitrogens with two attached hydrogens (primary N) is 1. The van der Waals surface area contributed by atoms with Crippen LogP contribution in [0.1, 0.15) is 13.3 Å². The molecule has 1 unspecified atom stereocenters. The van der Waals surface area contributed by atoms with Crippen LogP contribution in [0.25, 0.3) is 0 Å². The molecule has 0 bridgehead atoms. The Labute approximate surface area is 92.4 Å². The fraction of sp³-hybridized carbons (Fsp3) is 0.300. The third-order valence-electron chi connectivity index (χ3n) is 1.91. The molecule has 0 saturated carbocycles. The highest BCUT2D eigenvalue weighted by atomic mass is 35.5. The van der Waals surface area contributed by atoms with Crippen molar-refractivity contribution in [3.63, 3.8) is 0 Å². The van der Waals surface area contributed by atoms with E-state index in [-0.39, 0.29) is 10.9 Å². The summed E-state index contributed by atoms with van der Waals surface area (Å²) < 4.78 is 12.9. The number of amides is 1. The van der Waals surface area contributed by atoms with Crippen LogP contribution in [0.5, 0.6) is 0 Å². The van der Waals surface area contributed by atoms with Gasteiger partial charge in [0.25, 0.3) is 0 Å². The summed E-state index contributed by atoms with van der Waals surface area (Å²) in [4.78, 5) is 11.4. The molecule has 3 nitrogen and oxygen atoms in total. The average Bonchev–Trinajstić information content (AvgIpc) is 2.14. The lowest BCUT2D eigenvalue weighted by molar-refractivity contribution is -0.117. The minimum Gasteiger partial charge on any atom is -0.325 e. The van der Waals surface area contributed by atoms with Crippen LogP contribution in [0.4, 0.5) is 10.1 Å². The average molecular weight is 231 g/mol. The molecule has 0 spiro atoms. The van der Waals surface area contributed by atoms with Crippen molar-refractivity contribution in [2.75, 3.05) is 5.32 Å². The zero-order valence-corrected chi connectivity index (χ0v) is 9.01. The molecule has 0 saturated heterocycles. The van der Waals surface area contributed by atoms with E-state index in [0.29, 0.717) is 12.1 Å². The molecule has 3 N–H and O–H groups in total. The Morgan fingerprint density at radius 1 is 1.60 bits per heavy atom. The Kier molecular flexibility index (Phi) is 4.05. The summed E-state index contributed by atoms with van der Waals surface area (Å²) in [5.41, 5.74) is 5.82. The molecule has 1 amide bonds. The maximum absolute atomic E-state index is 12.9. The largest absolute Gasteiger partial charge is 0.325 e. The van der Waals surface area contributed by atoms with E-state index in [4.69, 9.17) is 17.3 Å². The second-order valence-corrected chi connectivity index (χ2v) is 3.60. The zero-order chi connectivity index (χ0) is 11.4. The second kappa shape index (κ2) is 5.09. The van der Waals surface area contributed by atoms with Gasteiger partial charge in [0.2, 0.25) is 5.91 Å². The topological polar surface area (TPSA) is 55.1 Å². The fourth-order valence-corrected chi connectivity index (χ4v) is 1.27. The number of rotatable bonds is 3. The van der Waals surface area contributed by atoms with Crippen molar-refractivity contribution < 1.29 is 9.18 Å². The van der Waals surface area contributed by atoms with Gasteiger partial charge in [-0.2, -0.15) is 0 Å². The van der Waals surface area contributed by atoms with E-state index < -0.39 is 11.9 Å². The monoisotopic (exact) mass is 230 g/mol. The third-order valence-corrected chi connectivity index (χ3v) is 2.12. The highest BCUT2D eigenvalue weighted by molar-refractivity contribution is 6.30. The zero-order valence-electron chi connectivity index (χ0n) is 8.26. The van der Waals surface area contributed by atoms with Gasteiger partial charge in [-0.3, -0.25) is 4.79 Å². The molecule has 0 heterocycles. The number of hydrogen-bond donors (Lipinski definition) is 2. The van der Waals surface area contributed by atoms with Crippen LogP contribution >= 0.6 is 11.6 Å². The quantitative estimate of drug-likeness (QED) is 0.836. The number of halogens is 2. The summed E-state index contributed by atoms with van der Waals surface area (Å²) in [6.07, 6.45) is 0.523. The summed E-state index contributed by atoms with van der Waals surface area (Å²) in [5.74, 6) is -0.845. The number of hydrogen-bond acceptors (Lipinski definition) is 2. The molecule has 1 aromatic carbocycles. The van der Waals surface area contributed by atoms with Crippen molar-refractivity contribution in [2.45, 2.75) is 19.4 Å². The molecular weight excluding hydrogens is 219 g/mol. The van der Waals surface area contributed by atoms with E-state index in [1.165, 1.54) is 12.1 Å². The van der Waals surface area contributed by atoms with Gasteiger partial charge in [-0.05, 0) is 24.6 Å². The van der Waals surface area contributed by atoms with Gasteiger partial charge in [0, 0.05) is 10.7 Å². The first kappa shape index (κ1) is 11.9. The molecule has 15 heavy (non-hydrogen) atoms. The van der Waals surface area contributed by atoms with Crippen LogP contribution in [-0.2, 0) is 4.79 Å². The van der Waals surface area contributed by atoms with Crippen molar-refractivity contribution in [1.29, 1.82) is 0 Å². The van der Waals surface area contributed by atoms with Crippen LogP contribution in [-0.4, -0.2) is 11.9 Å². The summed E-state index contributed by atoms with van der Waals surface area (Å²) in [6, 6.07) is 3.22. The van der Waals surface area contributed by atoms with Crippen molar-refractivity contribution >= 4 is 23.2 Å². The van der Waals surface area contributed by atoms with E-state index in [9.17, 15) is 9.18 Å². The van der Waals surface area contributed by atoms with Crippen LogP contribution in [0.3, 0.4) is 0 Å². The SMILES string of the molecule is CCC(N)C(=O)Nc1cc(F)cc(Cl)c1. The van der Waals surface area contributed by atoms with Crippen molar-refractivity contribution in [1.82, 2.24) is 0 Å². The first-order chi connectivity index (χ1) is 7.02. The minimum absolute atomic E-state index is 0.232. The lowest BCUT2D eigenvalue weighted by atomic mass is 10.2. The molecule has 0 radical (unpaired) electrons. The minimum atomic E-state index is -0.591. The molecule has 82 valence electrons. The molecule has 1 aromatic rings. The molecule has 5 heteroatoms. The standard InChI is InChI=1S/C10H12ClFN2O/c1-2-9(13)10(15)14-8-4-6(11)3-7(12)5-8/h3-5,9H,2,13H2,1H3,(H,14,15). The maximum atomic E-state index is 12.9. The van der Waals surface area contributed by atoms with Crippen LogP contribution < -0.4 is 11.1 Å². The lowest BCUT2D eigenvalue weighted by Gasteiger charge is -2.10. The number of anilines is 1. The Balaban J connectivity index is 2.76. The molecule has 1 rings (SSSR count). The number of carbonyl (C=O) groups is 1. The Morgan fingerprint density at radius 2 is 2.27 bits per heavy atom. The van der Waals surface area contributed by atoms with Crippen LogP contribution in [0, 0.1) is 5.82 Å². The van der Waals surface area contributed by atoms with Gasteiger partial charge in [0.15, 0.2) is 0 Å². The Hall–Kier alpha value is -1.13. The second-order valence-electron chi connectivity index (χ2n) is 3.16. The van der Waals surface area contributed by atoms with Gasteiger partial charge in [-0.25, -0.2) is 4.39 Å². The fourth-order valence-electron chi connectivity index (χ4n) is 1.05. The van der Waals surface area contributed by atoms with Gasteiger partial charge in [0.05, 0.1) is 6.04 Å². The summed E-state index contributed by atoms with van der Waals surface area (Å²) in [6.45, 7) is 1.79. The van der Waals surface area contributed by atoms with Crippen molar-refractivity contribution in [2.24, 2.45) is 5.73 Å². The van der Waals surface area contributed by atoms with Gasteiger partial charge in [-0.15, -0.1) is 0 Å². The normalized spacial score (nSPS) is 12.3. The van der Waals surface area contributed by atoms with Gasteiger partial charge in [0.1, 0.15) is 5.82 Å². The first-order valence-corrected chi connectivity index (χ1v) is 4.93. The first-order valence-electron chi connectivity index (χ1n) is 4.55. The molecule has 0 aliphatic heterocycles. The smallest absolute Gasteiger partial charge is 0.241 e. The maximum Gasteiger partial charge on any atom is 0.241 e. The van der Waals surface area contributed by atoms with E-state index in [1.807, 2.05) is 0 Å². The van der Waals surface area contributed by atoms with E-state index in [2.05, 4.69) is 5.32 Å². The molecular formula is C10H12ClFN2O. The van der Waals surface area contributed by atoms with Gasteiger partial charge >= 0.3 is 0 Å². The summed E-state index contributed by atoms with van der Waals surface area (Å²) >= 11 is 5.62. The lowest BCUT2D eigenvalue weighted by Crippen LogP contribution is -2.34. The molecule has 0 aliphatic carbocycles. The van der Waals surface area contributed by atoms with Crippen LogP contribution in [0.15, 0.2) is 18.2 Å². The van der Waals surface area contributed by atoms with E-state index in [0.717, 1.165) is 6.07 Å². The van der Waals surface area contributed by atoms with E-state index in [1.54, 1.807) is 6.92 Å². The molecule has 1 atom stereocenters. The van der Waals surface area contributed by atoms with Gasteiger partial charge < -0.3 is 11.1 Å². The Morgan fingerprint density at radius 3 is 2.80 bits per heavy atom. The van der Waals surface area contributed by atoms with E-state index >= 15 is 0 Å². The third kappa shape index (κ3) is 3.49. The summed E-state index contributed by atoms with van der Waals surface area (Å²) in [5, 5.41) is 2.72. The van der Waals surface area contributed by atoms with Gasteiger partial charge in [-0.1, -0.05) is 18.5 Å². The van der Waals surface area contributed by atoms with Crippen molar-refractivity contribution in [3.8, 4) is 0 Å². The highest BCUT2D eigenvalue weighted by Crippen LogP contribution is 2.18. The molecule has 0 aromatic heterocycles.